The van der Waals surface area contributed by atoms with Crippen LogP contribution in [0.3, 0.4) is 0 Å². The van der Waals surface area contributed by atoms with Crippen molar-refractivity contribution in [2.24, 2.45) is 5.92 Å². The molecule has 0 radical (unpaired) electrons. The highest BCUT2D eigenvalue weighted by Crippen LogP contribution is 2.32. The third kappa shape index (κ3) is 3.35. The molecule has 0 fully saturated rings. The molecule has 1 amide bonds. The standard InChI is InChI=1S/C18H21NOS/c1-13-7-8-15-16(12-21-17(15)11-13)18(20)19-10-9-14-5-3-2-4-6-14/h2-6,12-13H,7-11H2,1H3,(H,19,20)/t13-/m1/s1. The molecule has 1 heterocycles. The van der Waals surface area contributed by atoms with Crippen LogP contribution in [-0.2, 0) is 19.3 Å². The smallest absolute Gasteiger partial charge is 0.252 e. The quantitative estimate of drug-likeness (QED) is 0.913. The van der Waals surface area contributed by atoms with Crippen molar-refractivity contribution in [2.45, 2.75) is 32.6 Å². The first kappa shape index (κ1) is 14.3. The number of benzene rings is 1. The molecule has 1 atom stereocenters. The van der Waals surface area contributed by atoms with E-state index < -0.39 is 0 Å². The summed E-state index contributed by atoms with van der Waals surface area (Å²) in [5.74, 6) is 0.850. The molecule has 0 spiro atoms. The highest BCUT2D eigenvalue weighted by Gasteiger charge is 2.22. The van der Waals surface area contributed by atoms with Crippen LogP contribution >= 0.6 is 11.3 Å². The molecule has 0 unspecified atom stereocenters. The Labute approximate surface area is 130 Å². The van der Waals surface area contributed by atoms with Gasteiger partial charge in [0.15, 0.2) is 0 Å². The Balaban J connectivity index is 1.59. The third-order valence-corrected chi connectivity index (χ3v) is 5.24. The summed E-state index contributed by atoms with van der Waals surface area (Å²) >= 11 is 1.75. The molecule has 0 bridgehead atoms. The van der Waals surface area contributed by atoms with Crippen molar-refractivity contribution in [2.75, 3.05) is 6.54 Å². The molecule has 21 heavy (non-hydrogen) atoms. The van der Waals surface area contributed by atoms with E-state index in [-0.39, 0.29) is 5.91 Å². The summed E-state index contributed by atoms with van der Waals surface area (Å²) in [5, 5.41) is 5.10. The molecule has 1 N–H and O–H groups in total. The van der Waals surface area contributed by atoms with Crippen molar-refractivity contribution in [1.82, 2.24) is 5.32 Å². The number of amides is 1. The van der Waals surface area contributed by atoms with Gasteiger partial charge < -0.3 is 5.32 Å². The van der Waals surface area contributed by atoms with Crippen LogP contribution in [0.2, 0.25) is 0 Å². The van der Waals surface area contributed by atoms with Gasteiger partial charge in [-0.3, -0.25) is 4.79 Å². The van der Waals surface area contributed by atoms with E-state index in [9.17, 15) is 4.79 Å². The maximum absolute atomic E-state index is 12.3. The molecule has 1 aliphatic rings. The average Bonchev–Trinajstić information content (AvgIpc) is 2.91. The van der Waals surface area contributed by atoms with E-state index in [0.29, 0.717) is 6.54 Å². The van der Waals surface area contributed by atoms with Gasteiger partial charge >= 0.3 is 0 Å². The monoisotopic (exact) mass is 299 g/mol. The summed E-state index contributed by atoms with van der Waals surface area (Å²) in [4.78, 5) is 13.8. The minimum Gasteiger partial charge on any atom is -0.352 e. The van der Waals surface area contributed by atoms with Gasteiger partial charge in [0.1, 0.15) is 0 Å². The molecular weight excluding hydrogens is 278 g/mol. The Kier molecular flexibility index (Phi) is 4.39. The summed E-state index contributed by atoms with van der Waals surface area (Å²) in [6.07, 6.45) is 4.28. The molecule has 1 aromatic heterocycles. The fourth-order valence-electron chi connectivity index (χ4n) is 2.93. The Hall–Kier alpha value is -1.61. The maximum atomic E-state index is 12.3. The normalized spacial score (nSPS) is 17.3. The van der Waals surface area contributed by atoms with Gasteiger partial charge in [-0.05, 0) is 42.7 Å². The largest absolute Gasteiger partial charge is 0.352 e. The van der Waals surface area contributed by atoms with Gasteiger partial charge in [-0.15, -0.1) is 11.3 Å². The zero-order chi connectivity index (χ0) is 14.7. The SMILES string of the molecule is C[C@@H]1CCc2c(C(=O)NCCc3ccccc3)csc2C1. The molecular formula is C18H21NOS. The lowest BCUT2D eigenvalue weighted by atomic mass is 9.88. The van der Waals surface area contributed by atoms with Crippen molar-refractivity contribution in [1.29, 1.82) is 0 Å². The van der Waals surface area contributed by atoms with Gasteiger partial charge in [0.05, 0.1) is 5.56 Å². The molecule has 0 saturated carbocycles. The first-order valence-electron chi connectivity index (χ1n) is 7.65. The molecule has 1 aliphatic carbocycles. The fourth-order valence-corrected chi connectivity index (χ4v) is 4.17. The molecule has 110 valence electrons. The van der Waals surface area contributed by atoms with Crippen molar-refractivity contribution >= 4 is 17.2 Å². The number of carbonyl (C=O) groups is 1. The number of hydrogen-bond acceptors (Lipinski definition) is 2. The highest BCUT2D eigenvalue weighted by molar-refractivity contribution is 7.10. The number of hydrogen-bond donors (Lipinski definition) is 1. The zero-order valence-corrected chi connectivity index (χ0v) is 13.2. The number of carbonyl (C=O) groups excluding carboxylic acids is 1. The van der Waals surface area contributed by atoms with E-state index in [4.69, 9.17) is 0 Å². The second kappa shape index (κ2) is 6.44. The zero-order valence-electron chi connectivity index (χ0n) is 12.4. The van der Waals surface area contributed by atoms with Crippen LogP contribution in [0.25, 0.3) is 0 Å². The van der Waals surface area contributed by atoms with Gasteiger partial charge in [0.25, 0.3) is 5.91 Å². The van der Waals surface area contributed by atoms with Crippen molar-refractivity contribution < 1.29 is 4.79 Å². The minimum atomic E-state index is 0.0954. The number of nitrogens with one attached hydrogen (secondary N) is 1. The van der Waals surface area contributed by atoms with Gasteiger partial charge in [-0.25, -0.2) is 0 Å². The topological polar surface area (TPSA) is 29.1 Å². The molecule has 0 saturated heterocycles. The summed E-state index contributed by atoms with van der Waals surface area (Å²) in [6.45, 7) is 2.99. The van der Waals surface area contributed by atoms with Crippen molar-refractivity contribution in [3.8, 4) is 0 Å². The highest BCUT2D eigenvalue weighted by atomic mass is 32.1. The van der Waals surface area contributed by atoms with Crippen LogP contribution in [0, 0.1) is 5.92 Å². The second-order valence-corrected chi connectivity index (χ2v) is 6.85. The Bertz CT molecular complexity index is 617. The van der Waals surface area contributed by atoms with Crippen LogP contribution < -0.4 is 5.32 Å². The van der Waals surface area contributed by atoms with Gasteiger partial charge in [-0.2, -0.15) is 0 Å². The summed E-state index contributed by atoms with van der Waals surface area (Å²) in [6, 6.07) is 10.3. The first-order chi connectivity index (χ1) is 10.2. The molecule has 0 aliphatic heterocycles. The van der Waals surface area contributed by atoms with Crippen LogP contribution in [0.5, 0.6) is 0 Å². The van der Waals surface area contributed by atoms with Crippen LogP contribution in [0.1, 0.15) is 39.7 Å². The number of rotatable bonds is 4. The molecule has 3 heteroatoms. The van der Waals surface area contributed by atoms with Crippen LogP contribution in [0.4, 0.5) is 0 Å². The number of fused-ring (bicyclic) bond motifs is 1. The Morgan fingerprint density at radius 1 is 1.33 bits per heavy atom. The minimum absolute atomic E-state index is 0.0954. The first-order valence-corrected chi connectivity index (χ1v) is 8.53. The summed E-state index contributed by atoms with van der Waals surface area (Å²) in [5.41, 5.74) is 3.48. The molecule has 3 rings (SSSR count). The maximum Gasteiger partial charge on any atom is 0.252 e. The lowest BCUT2D eigenvalue weighted by Crippen LogP contribution is -2.26. The second-order valence-electron chi connectivity index (χ2n) is 5.89. The molecule has 1 aromatic carbocycles. The van der Waals surface area contributed by atoms with E-state index in [1.165, 1.54) is 22.4 Å². The van der Waals surface area contributed by atoms with E-state index in [0.717, 1.165) is 30.7 Å². The average molecular weight is 299 g/mol. The Morgan fingerprint density at radius 3 is 2.95 bits per heavy atom. The Morgan fingerprint density at radius 2 is 2.14 bits per heavy atom. The van der Waals surface area contributed by atoms with Gasteiger partial charge in [0.2, 0.25) is 0 Å². The third-order valence-electron chi connectivity index (χ3n) is 4.19. The van der Waals surface area contributed by atoms with E-state index in [1.54, 1.807) is 11.3 Å². The lowest BCUT2D eigenvalue weighted by Gasteiger charge is -2.18. The molecule has 2 aromatic rings. The summed E-state index contributed by atoms with van der Waals surface area (Å²) in [7, 11) is 0. The van der Waals surface area contributed by atoms with E-state index in [2.05, 4.69) is 24.4 Å². The fraction of sp³-hybridized carbons (Fsp3) is 0.389. The van der Waals surface area contributed by atoms with Crippen molar-refractivity contribution in [3.05, 3.63) is 57.3 Å². The predicted molar refractivity (Wildman–Crippen MR) is 88.0 cm³/mol. The van der Waals surface area contributed by atoms with Crippen LogP contribution in [-0.4, -0.2) is 12.5 Å². The van der Waals surface area contributed by atoms with Crippen LogP contribution in [0.15, 0.2) is 35.7 Å². The van der Waals surface area contributed by atoms with E-state index >= 15 is 0 Å². The molecule has 2 nitrogen and oxygen atoms in total. The van der Waals surface area contributed by atoms with Crippen molar-refractivity contribution in [3.63, 3.8) is 0 Å². The lowest BCUT2D eigenvalue weighted by molar-refractivity contribution is 0.0953. The van der Waals surface area contributed by atoms with Gasteiger partial charge in [-0.1, -0.05) is 37.3 Å². The predicted octanol–water partition coefficient (Wildman–Crippen LogP) is 3.85. The van der Waals surface area contributed by atoms with Gasteiger partial charge in [0, 0.05) is 16.8 Å². The van der Waals surface area contributed by atoms with E-state index in [1.807, 2.05) is 23.6 Å². The number of thiophene rings is 1. The summed E-state index contributed by atoms with van der Waals surface area (Å²) < 4.78 is 0.